The largest absolute Gasteiger partial charge is 0.326 e. The van der Waals surface area contributed by atoms with Crippen molar-refractivity contribution in [2.75, 3.05) is 0 Å². The summed E-state index contributed by atoms with van der Waals surface area (Å²) in [7, 11) is 0. The SMILES string of the molecule is O=C(N[C@H](N=Cc1ccc(Cl)cc1)c1ccc(Cl)cc1)c1ccc(Cl)cc1. The molecule has 136 valence electrons. The minimum Gasteiger partial charge on any atom is -0.326 e. The summed E-state index contributed by atoms with van der Waals surface area (Å²) in [6.07, 6.45) is 1.12. The Hall–Kier alpha value is -2.33. The normalized spacial score (nSPS) is 12.1. The molecule has 3 rings (SSSR count). The number of nitrogens with zero attached hydrogens (tertiary/aromatic N) is 1. The molecule has 0 radical (unpaired) electrons. The zero-order valence-electron chi connectivity index (χ0n) is 14.1. The predicted molar refractivity (Wildman–Crippen MR) is 112 cm³/mol. The first kappa shape index (κ1) is 19.4. The van der Waals surface area contributed by atoms with Crippen molar-refractivity contribution in [3.05, 3.63) is 105 Å². The van der Waals surface area contributed by atoms with Gasteiger partial charge >= 0.3 is 0 Å². The van der Waals surface area contributed by atoms with Gasteiger partial charge in [-0.3, -0.25) is 9.79 Å². The van der Waals surface area contributed by atoms with E-state index in [2.05, 4.69) is 10.3 Å². The van der Waals surface area contributed by atoms with Crippen LogP contribution in [0.1, 0.15) is 27.7 Å². The van der Waals surface area contributed by atoms with E-state index >= 15 is 0 Å². The highest BCUT2D eigenvalue weighted by molar-refractivity contribution is 6.31. The summed E-state index contributed by atoms with van der Waals surface area (Å²) in [5.41, 5.74) is 2.19. The molecule has 0 saturated heterocycles. The monoisotopic (exact) mass is 416 g/mol. The molecule has 0 unspecified atom stereocenters. The van der Waals surface area contributed by atoms with E-state index in [0.717, 1.165) is 11.1 Å². The predicted octanol–water partition coefficient (Wildman–Crippen LogP) is 6.19. The number of halogens is 3. The smallest absolute Gasteiger partial charge is 0.253 e. The van der Waals surface area contributed by atoms with Gasteiger partial charge in [0.05, 0.1) is 0 Å². The number of rotatable bonds is 5. The second-order valence-corrected chi connectivity index (χ2v) is 7.07. The van der Waals surface area contributed by atoms with Crippen molar-refractivity contribution < 1.29 is 4.79 Å². The van der Waals surface area contributed by atoms with Gasteiger partial charge in [-0.25, -0.2) is 0 Å². The molecule has 0 aliphatic carbocycles. The van der Waals surface area contributed by atoms with E-state index < -0.39 is 6.17 Å². The highest BCUT2D eigenvalue weighted by atomic mass is 35.5. The lowest BCUT2D eigenvalue weighted by Gasteiger charge is -2.15. The average Bonchev–Trinajstić information content (AvgIpc) is 2.67. The van der Waals surface area contributed by atoms with Gasteiger partial charge in [0.2, 0.25) is 0 Å². The van der Waals surface area contributed by atoms with Crippen molar-refractivity contribution in [2.45, 2.75) is 6.17 Å². The highest BCUT2D eigenvalue weighted by Gasteiger charge is 2.14. The number of carbonyl (C=O) groups excluding carboxylic acids is 1. The fourth-order valence-electron chi connectivity index (χ4n) is 2.37. The second kappa shape index (κ2) is 9.05. The molecular weight excluding hydrogens is 403 g/mol. The van der Waals surface area contributed by atoms with Crippen LogP contribution in [-0.2, 0) is 0 Å². The minimum atomic E-state index is -0.568. The summed E-state index contributed by atoms with van der Waals surface area (Å²) in [5.74, 6) is -0.250. The van der Waals surface area contributed by atoms with E-state index in [4.69, 9.17) is 34.8 Å². The van der Waals surface area contributed by atoms with Crippen molar-refractivity contribution in [1.29, 1.82) is 0 Å². The first-order valence-electron chi connectivity index (χ1n) is 8.12. The molecule has 1 amide bonds. The van der Waals surface area contributed by atoms with Gasteiger partial charge in [-0.15, -0.1) is 0 Å². The molecule has 0 bridgehead atoms. The van der Waals surface area contributed by atoms with E-state index in [-0.39, 0.29) is 5.91 Å². The Balaban J connectivity index is 1.84. The topological polar surface area (TPSA) is 41.5 Å². The summed E-state index contributed by atoms with van der Waals surface area (Å²) >= 11 is 17.8. The third-order valence-corrected chi connectivity index (χ3v) is 4.56. The van der Waals surface area contributed by atoms with Crippen molar-refractivity contribution in [3.8, 4) is 0 Å². The maximum absolute atomic E-state index is 12.6. The van der Waals surface area contributed by atoms with Gasteiger partial charge in [0.25, 0.3) is 5.91 Å². The van der Waals surface area contributed by atoms with Gasteiger partial charge in [0, 0.05) is 26.8 Å². The first-order valence-corrected chi connectivity index (χ1v) is 9.25. The fraction of sp³-hybridized carbons (Fsp3) is 0.0476. The summed E-state index contributed by atoms with van der Waals surface area (Å²) in [6, 6.07) is 21.1. The summed E-state index contributed by atoms with van der Waals surface area (Å²) < 4.78 is 0. The fourth-order valence-corrected chi connectivity index (χ4v) is 2.75. The van der Waals surface area contributed by atoms with Gasteiger partial charge in [-0.1, -0.05) is 59.1 Å². The Morgan fingerprint density at radius 2 is 1.26 bits per heavy atom. The summed E-state index contributed by atoms with van der Waals surface area (Å²) in [6.45, 7) is 0. The molecule has 0 spiro atoms. The van der Waals surface area contributed by atoms with Crippen LogP contribution in [0.25, 0.3) is 0 Å². The average molecular weight is 418 g/mol. The van der Waals surface area contributed by atoms with Gasteiger partial charge in [-0.2, -0.15) is 0 Å². The molecule has 0 aromatic heterocycles. The van der Waals surface area contributed by atoms with Crippen LogP contribution in [0.15, 0.2) is 77.8 Å². The molecular formula is C21H15Cl3N2O. The third kappa shape index (κ3) is 5.57. The molecule has 0 aliphatic heterocycles. The Bertz CT molecular complexity index is 937. The first-order chi connectivity index (χ1) is 13.0. The van der Waals surface area contributed by atoms with Gasteiger partial charge in [0.1, 0.15) is 6.17 Å². The van der Waals surface area contributed by atoms with Crippen molar-refractivity contribution in [3.63, 3.8) is 0 Å². The van der Waals surface area contributed by atoms with Crippen molar-refractivity contribution in [2.24, 2.45) is 4.99 Å². The Morgan fingerprint density at radius 3 is 1.81 bits per heavy atom. The third-order valence-electron chi connectivity index (χ3n) is 3.80. The lowest BCUT2D eigenvalue weighted by atomic mass is 10.1. The van der Waals surface area contributed by atoms with Crippen LogP contribution < -0.4 is 5.32 Å². The highest BCUT2D eigenvalue weighted by Crippen LogP contribution is 2.19. The molecule has 3 nitrogen and oxygen atoms in total. The Morgan fingerprint density at radius 1 is 0.778 bits per heavy atom. The molecule has 0 aliphatic rings. The van der Waals surface area contributed by atoms with Gasteiger partial charge < -0.3 is 5.32 Å². The number of amides is 1. The van der Waals surface area contributed by atoms with E-state index in [9.17, 15) is 4.79 Å². The van der Waals surface area contributed by atoms with Crippen LogP contribution in [-0.4, -0.2) is 12.1 Å². The van der Waals surface area contributed by atoms with Gasteiger partial charge in [0.15, 0.2) is 0 Å². The molecule has 1 atom stereocenters. The van der Waals surface area contributed by atoms with Crippen LogP contribution in [0.5, 0.6) is 0 Å². The van der Waals surface area contributed by atoms with E-state index in [0.29, 0.717) is 20.6 Å². The quantitative estimate of drug-likeness (QED) is 0.494. The zero-order chi connectivity index (χ0) is 19.2. The lowest BCUT2D eigenvalue weighted by Crippen LogP contribution is -2.27. The van der Waals surface area contributed by atoms with Crippen LogP contribution >= 0.6 is 34.8 Å². The lowest BCUT2D eigenvalue weighted by molar-refractivity contribution is 0.0938. The van der Waals surface area contributed by atoms with E-state index in [1.165, 1.54) is 0 Å². The van der Waals surface area contributed by atoms with Crippen molar-refractivity contribution >= 4 is 46.9 Å². The molecule has 3 aromatic carbocycles. The minimum absolute atomic E-state index is 0.250. The molecule has 1 N–H and O–H groups in total. The molecule has 0 fully saturated rings. The van der Waals surface area contributed by atoms with Crippen LogP contribution in [0, 0.1) is 0 Å². The number of aliphatic imine (C=N–C) groups is 1. The van der Waals surface area contributed by atoms with Crippen LogP contribution in [0.3, 0.4) is 0 Å². The maximum atomic E-state index is 12.6. The number of nitrogens with one attached hydrogen (secondary N) is 1. The summed E-state index contributed by atoms with van der Waals surface area (Å²) in [4.78, 5) is 17.1. The molecule has 0 saturated carbocycles. The zero-order valence-corrected chi connectivity index (χ0v) is 16.3. The van der Waals surface area contributed by atoms with Crippen LogP contribution in [0.2, 0.25) is 15.1 Å². The number of hydrogen-bond donors (Lipinski definition) is 1. The molecule has 27 heavy (non-hydrogen) atoms. The Kier molecular flexibility index (Phi) is 6.51. The standard InChI is InChI=1S/C21H15Cl3N2O/c22-17-7-1-14(2-8-17)13-25-20(15-3-9-18(23)10-4-15)26-21(27)16-5-11-19(24)12-6-16/h1-13,20H,(H,26,27)/t20-/m0/s1. The van der Waals surface area contributed by atoms with Crippen molar-refractivity contribution in [1.82, 2.24) is 5.32 Å². The summed E-state index contributed by atoms with van der Waals surface area (Å²) in [5, 5.41) is 4.76. The molecule has 0 heterocycles. The molecule has 3 aromatic rings. The number of hydrogen-bond acceptors (Lipinski definition) is 2. The van der Waals surface area contributed by atoms with Crippen LogP contribution in [0.4, 0.5) is 0 Å². The second-order valence-electron chi connectivity index (χ2n) is 5.76. The van der Waals surface area contributed by atoms with E-state index in [1.807, 2.05) is 24.3 Å². The Labute approximate surface area is 172 Å². The maximum Gasteiger partial charge on any atom is 0.253 e. The molecule has 6 heteroatoms. The van der Waals surface area contributed by atoms with E-state index in [1.54, 1.807) is 54.7 Å². The number of benzene rings is 3. The number of carbonyl (C=O) groups is 1. The van der Waals surface area contributed by atoms with Gasteiger partial charge in [-0.05, 0) is 59.7 Å².